The van der Waals surface area contributed by atoms with Crippen LogP contribution < -0.4 is 0 Å². The Morgan fingerprint density at radius 2 is 1.55 bits per heavy atom. The van der Waals surface area contributed by atoms with E-state index in [0.717, 1.165) is 12.8 Å². The van der Waals surface area contributed by atoms with Crippen LogP contribution in [0, 0.1) is 0 Å². The summed E-state index contributed by atoms with van der Waals surface area (Å²) >= 11 is 0. The van der Waals surface area contributed by atoms with Gasteiger partial charge in [0.1, 0.15) is 5.69 Å². The fourth-order valence-electron chi connectivity index (χ4n) is 2.35. The van der Waals surface area contributed by atoms with Crippen LogP contribution in [0.2, 0.25) is 0 Å². The van der Waals surface area contributed by atoms with E-state index in [2.05, 4.69) is 17.1 Å². The summed E-state index contributed by atoms with van der Waals surface area (Å²) in [5, 5.41) is 7.58. The van der Waals surface area contributed by atoms with E-state index in [4.69, 9.17) is 0 Å². The third-order valence-corrected chi connectivity index (χ3v) is 3.62. The first-order valence-electron chi connectivity index (χ1n) is 8.15. The predicted molar refractivity (Wildman–Crippen MR) is 82.8 cm³/mol. The van der Waals surface area contributed by atoms with Crippen molar-refractivity contribution in [3.8, 4) is 0 Å². The highest BCUT2D eigenvalue weighted by atomic mass is 16.1. The molecule has 0 aliphatic heterocycles. The van der Waals surface area contributed by atoms with Crippen LogP contribution in [0.15, 0.2) is 18.3 Å². The van der Waals surface area contributed by atoms with Gasteiger partial charge in [0, 0.05) is 12.6 Å². The minimum absolute atomic E-state index is 0.123. The predicted octanol–water partition coefficient (Wildman–Crippen LogP) is 4.97. The maximum atomic E-state index is 11.8. The lowest BCUT2D eigenvalue weighted by molar-refractivity contribution is 0.0973. The monoisotopic (exact) mass is 276 g/mol. The summed E-state index contributed by atoms with van der Waals surface area (Å²) < 4.78 is 0. The number of hydrogen-bond donors (Lipinski definition) is 0. The van der Waals surface area contributed by atoms with Crippen molar-refractivity contribution in [2.75, 3.05) is 0 Å². The molecule has 0 aliphatic carbocycles. The molecule has 20 heavy (non-hydrogen) atoms. The van der Waals surface area contributed by atoms with Gasteiger partial charge in [-0.1, -0.05) is 64.7 Å². The zero-order valence-electron chi connectivity index (χ0n) is 12.8. The van der Waals surface area contributed by atoms with Crippen molar-refractivity contribution in [1.29, 1.82) is 0 Å². The van der Waals surface area contributed by atoms with Gasteiger partial charge in [0.15, 0.2) is 5.78 Å². The highest BCUT2D eigenvalue weighted by Gasteiger charge is 2.06. The number of carbonyl (C=O) groups excluding carboxylic acids is 1. The van der Waals surface area contributed by atoms with Crippen molar-refractivity contribution >= 4 is 5.78 Å². The normalized spacial score (nSPS) is 10.7. The molecular weight excluding hydrogens is 248 g/mol. The second-order valence-electron chi connectivity index (χ2n) is 5.46. The number of rotatable bonds is 12. The Bertz CT molecular complexity index is 351. The first kappa shape index (κ1) is 16.8. The third kappa shape index (κ3) is 8.03. The van der Waals surface area contributed by atoms with Crippen LogP contribution in [0.5, 0.6) is 0 Å². The fourth-order valence-corrected chi connectivity index (χ4v) is 2.35. The second-order valence-corrected chi connectivity index (χ2v) is 5.46. The molecule has 0 fully saturated rings. The summed E-state index contributed by atoms with van der Waals surface area (Å²) in [5.74, 6) is 0.123. The summed E-state index contributed by atoms with van der Waals surface area (Å²) in [6, 6.07) is 3.50. The Balaban J connectivity index is 1.91. The van der Waals surface area contributed by atoms with E-state index in [1.807, 2.05) is 0 Å². The molecule has 1 heterocycles. The number of Topliss-reactive ketones (excluding diaryl/α,β-unsaturated/α-hetero) is 1. The van der Waals surface area contributed by atoms with Crippen molar-refractivity contribution in [3.05, 3.63) is 24.0 Å². The molecular formula is C17H28N2O. The number of unbranched alkanes of at least 4 members (excludes halogenated alkanes) is 9. The minimum atomic E-state index is 0.123. The zero-order chi connectivity index (χ0) is 14.5. The fraction of sp³-hybridized carbons (Fsp3) is 0.706. The van der Waals surface area contributed by atoms with Gasteiger partial charge in [0.2, 0.25) is 0 Å². The van der Waals surface area contributed by atoms with Gasteiger partial charge in [-0.15, -0.1) is 5.10 Å². The summed E-state index contributed by atoms with van der Waals surface area (Å²) in [6.45, 7) is 2.25. The highest BCUT2D eigenvalue weighted by molar-refractivity contribution is 5.93. The molecule has 1 rings (SSSR count). The summed E-state index contributed by atoms with van der Waals surface area (Å²) in [7, 11) is 0. The minimum Gasteiger partial charge on any atom is -0.292 e. The van der Waals surface area contributed by atoms with Crippen LogP contribution in [0.25, 0.3) is 0 Å². The lowest BCUT2D eigenvalue weighted by atomic mass is 10.0. The van der Waals surface area contributed by atoms with Gasteiger partial charge in [-0.25, -0.2) is 0 Å². The van der Waals surface area contributed by atoms with Gasteiger partial charge in [-0.05, 0) is 18.6 Å². The van der Waals surface area contributed by atoms with Gasteiger partial charge in [-0.2, -0.15) is 5.10 Å². The van der Waals surface area contributed by atoms with Crippen molar-refractivity contribution in [3.63, 3.8) is 0 Å². The summed E-state index contributed by atoms with van der Waals surface area (Å²) in [5.41, 5.74) is 0.503. The number of nitrogens with zero attached hydrogens (tertiary/aromatic N) is 2. The standard InChI is InChI=1S/C17H28N2O/c1-2-3-4-5-6-7-8-9-10-11-14-17(20)16-13-12-15-18-19-16/h12-13,15H,2-11,14H2,1H3. The number of aromatic nitrogens is 2. The largest absolute Gasteiger partial charge is 0.292 e. The maximum Gasteiger partial charge on any atom is 0.183 e. The van der Waals surface area contributed by atoms with Gasteiger partial charge < -0.3 is 0 Å². The molecule has 3 heteroatoms. The molecule has 0 atom stereocenters. The quantitative estimate of drug-likeness (QED) is 0.400. The van der Waals surface area contributed by atoms with Crippen LogP contribution in [-0.4, -0.2) is 16.0 Å². The van der Waals surface area contributed by atoms with Crippen LogP contribution in [0.3, 0.4) is 0 Å². The van der Waals surface area contributed by atoms with Gasteiger partial charge in [0.05, 0.1) is 0 Å². The maximum absolute atomic E-state index is 11.8. The zero-order valence-corrected chi connectivity index (χ0v) is 12.8. The Hall–Kier alpha value is -1.25. The average molecular weight is 276 g/mol. The molecule has 1 aromatic rings. The molecule has 0 radical (unpaired) electrons. The van der Waals surface area contributed by atoms with Crippen LogP contribution >= 0.6 is 0 Å². The van der Waals surface area contributed by atoms with E-state index in [0.29, 0.717) is 12.1 Å². The number of hydrogen-bond acceptors (Lipinski definition) is 3. The van der Waals surface area contributed by atoms with Crippen molar-refractivity contribution < 1.29 is 4.79 Å². The molecule has 0 aliphatic rings. The molecule has 0 N–H and O–H groups in total. The molecule has 0 aromatic carbocycles. The highest BCUT2D eigenvalue weighted by Crippen LogP contribution is 2.12. The van der Waals surface area contributed by atoms with E-state index in [1.54, 1.807) is 18.3 Å². The van der Waals surface area contributed by atoms with Gasteiger partial charge >= 0.3 is 0 Å². The lowest BCUT2D eigenvalue weighted by Gasteiger charge is -2.02. The average Bonchev–Trinajstić information content (AvgIpc) is 2.50. The molecule has 0 saturated heterocycles. The lowest BCUT2D eigenvalue weighted by Crippen LogP contribution is -2.02. The van der Waals surface area contributed by atoms with Crippen LogP contribution in [-0.2, 0) is 0 Å². The smallest absolute Gasteiger partial charge is 0.183 e. The Morgan fingerprint density at radius 3 is 2.10 bits per heavy atom. The first-order chi connectivity index (χ1) is 9.84. The Labute approximate surface area is 123 Å². The number of carbonyl (C=O) groups is 1. The first-order valence-corrected chi connectivity index (χ1v) is 8.15. The van der Waals surface area contributed by atoms with E-state index < -0.39 is 0 Å². The van der Waals surface area contributed by atoms with Crippen molar-refractivity contribution in [2.45, 2.75) is 77.6 Å². The Morgan fingerprint density at radius 1 is 0.950 bits per heavy atom. The van der Waals surface area contributed by atoms with Crippen LogP contribution in [0.1, 0.15) is 88.0 Å². The molecule has 0 unspecified atom stereocenters. The topological polar surface area (TPSA) is 42.9 Å². The summed E-state index contributed by atoms with van der Waals surface area (Å²) in [6.07, 6.45) is 15.1. The molecule has 0 spiro atoms. The number of ketones is 1. The van der Waals surface area contributed by atoms with E-state index in [1.165, 1.54) is 51.4 Å². The molecule has 112 valence electrons. The SMILES string of the molecule is CCCCCCCCCCCCC(=O)c1cccnn1. The van der Waals surface area contributed by atoms with Crippen molar-refractivity contribution in [2.24, 2.45) is 0 Å². The molecule has 0 bridgehead atoms. The molecule has 0 saturated carbocycles. The molecule has 0 amide bonds. The second kappa shape index (κ2) is 11.6. The van der Waals surface area contributed by atoms with Gasteiger partial charge in [-0.3, -0.25) is 4.79 Å². The van der Waals surface area contributed by atoms with E-state index >= 15 is 0 Å². The molecule has 3 nitrogen and oxygen atoms in total. The van der Waals surface area contributed by atoms with Crippen molar-refractivity contribution in [1.82, 2.24) is 10.2 Å². The third-order valence-electron chi connectivity index (χ3n) is 3.62. The van der Waals surface area contributed by atoms with E-state index in [-0.39, 0.29) is 5.78 Å². The van der Waals surface area contributed by atoms with Gasteiger partial charge in [0.25, 0.3) is 0 Å². The Kier molecular flexibility index (Phi) is 9.72. The van der Waals surface area contributed by atoms with E-state index in [9.17, 15) is 4.79 Å². The van der Waals surface area contributed by atoms with Crippen LogP contribution in [0.4, 0.5) is 0 Å². The summed E-state index contributed by atoms with van der Waals surface area (Å²) in [4.78, 5) is 11.8. The molecule has 1 aromatic heterocycles.